The fourth-order valence-corrected chi connectivity index (χ4v) is 4.22. The van der Waals surface area contributed by atoms with Gasteiger partial charge in [-0.2, -0.15) is 0 Å². The SMILES string of the molecule is C[C@]12O[C@H]([C@@H](O)C(=O)O)[C@H](OCc3ccccc3)[C@H]1OC1(CCCC1)O2. The molecule has 2 heterocycles. The highest BCUT2D eigenvalue weighted by molar-refractivity contribution is 5.73. The molecular formula is C19H24O7. The number of fused-ring (bicyclic) bond motifs is 1. The van der Waals surface area contributed by atoms with Crippen molar-refractivity contribution in [2.45, 2.75) is 75.2 Å². The third-order valence-corrected chi connectivity index (χ3v) is 5.45. The highest BCUT2D eigenvalue weighted by Crippen LogP contribution is 2.52. The molecule has 0 unspecified atom stereocenters. The number of aliphatic carboxylic acids is 1. The van der Waals surface area contributed by atoms with Crippen LogP contribution in [0.25, 0.3) is 0 Å². The summed E-state index contributed by atoms with van der Waals surface area (Å²) in [5.74, 6) is -3.18. The van der Waals surface area contributed by atoms with Gasteiger partial charge in [0.1, 0.15) is 18.3 Å². The van der Waals surface area contributed by atoms with E-state index in [2.05, 4.69) is 0 Å². The zero-order valence-electron chi connectivity index (χ0n) is 14.7. The first-order chi connectivity index (χ1) is 12.4. The van der Waals surface area contributed by atoms with Gasteiger partial charge in [-0.25, -0.2) is 4.79 Å². The van der Waals surface area contributed by atoms with Gasteiger partial charge >= 0.3 is 5.97 Å². The lowest BCUT2D eigenvalue weighted by Crippen LogP contribution is -2.46. The van der Waals surface area contributed by atoms with Crippen molar-refractivity contribution in [3.05, 3.63) is 35.9 Å². The van der Waals surface area contributed by atoms with Gasteiger partial charge in [0.2, 0.25) is 0 Å². The Hall–Kier alpha value is -1.51. The smallest absolute Gasteiger partial charge is 0.335 e. The van der Waals surface area contributed by atoms with E-state index in [1.54, 1.807) is 6.92 Å². The molecular weight excluding hydrogens is 340 g/mol. The van der Waals surface area contributed by atoms with E-state index >= 15 is 0 Å². The largest absolute Gasteiger partial charge is 0.479 e. The van der Waals surface area contributed by atoms with Crippen LogP contribution in [0.15, 0.2) is 30.3 Å². The number of carboxylic acid groups (broad SMARTS) is 1. The first-order valence-electron chi connectivity index (χ1n) is 9.05. The maximum absolute atomic E-state index is 11.3. The lowest BCUT2D eigenvalue weighted by atomic mass is 10.0. The van der Waals surface area contributed by atoms with Gasteiger partial charge in [-0.3, -0.25) is 0 Å². The highest BCUT2D eigenvalue weighted by Gasteiger charge is 2.67. The lowest BCUT2D eigenvalue weighted by molar-refractivity contribution is -0.276. The normalized spacial score (nSPS) is 36.3. The minimum absolute atomic E-state index is 0.265. The summed E-state index contributed by atoms with van der Waals surface area (Å²) in [6.07, 6.45) is -0.538. The summed E-state index contributed by atoms with van der Waals surface area (Å²) in [6, 6.07) is 9.55. The molecule has 4 rings (SSSR count). The molecule has 142 valence electrons. The molecule has 7 heteroatoms. The second-order valence-electron chi connectivity index (χ2n) is 7.40. The van der Waals surface area contributed by atoms with Crippen LogP contribution in [0.2, 0.25) is 0 Å². The Kier molecular flexibility index (Phi) is 4.53. The van der Waals surface area contributed by atoms with Crippen LogP contribution >= 0.6 is 0 Å². The number of carbonyl (C=O) groups is 1. The molecule has 1 aliphatic carbocycles. The number of benzene rings is 1. The van der Waals surface area contributed by atoms with Crippen molar-refractivity contribution in [3.63, 3.8) is 0 Å². The van der Waals surface area contributed by atoms with E-state index < -0.39 is 42.0 Å². The first-order valence-corrected chi connectivity index (χ1v) is 9.05. The van der Waals surface area contributed by atoms with Gasteiger partial charge < -0.3 is 29.2 Å². The van der Waals surface area contributed by atoms with Crippen LogP contribution < -0.4 is 0 Å². The fraction of sp³-hybridized carbons (Fsp3) is 0.632. The molecule has 1 spiro atoms. The Bertz CT molecular complexity index is 657. The quantitative estimate of drug-likeness (QED) is 0.823. The zero-order valence-corrected chi connectivity index (χ0v) is 14.7. The molecule has 1 aromatic rings. The van der Waals surface area contributed by atoms with Crippen LogP contribution in [-0.2, 0) is 30.3 Å². The van der Waals surface area contributed by atoms with E-state index in [1.807, 2.05) is 30.3 Å². The first kappa shape index (κ1) is 17.9. The number of ether oxygens (including phenoxy) is 4. The van der Waals surface area contributed by atoms with Crippen molar-refractivity contribution in [3.8, 4) is 0 Å². The Balaban J connectivity index is 1.56. The van der Waals surface area contributed by atoms with Crippen LogP contribution in [0.3, 0.4) is 0 Å². The van der Waals surface area contributed by atoms with Gasteiger partial charge in [-0.05, 0) is 25.3 Å². The number of hydrogen-bond donors (Lipinski definition) is 2. The zero-order chi connectivity index (χ0) is 18.4. The topological polar surface area (TPSA) is 94.5 Å². The molecule has 2 N–H and O–H groups in total. The van der Waals surface area contributed by atoms with Crippen molar-refractivity contribution in [1.29, 1.82) is 0 Å². The van der Waals surface area contributed by atoms with Crippen molar-refractivity contribution < 1.29 is 34.0 Å². The molecule has 26 heavy (non-hydrogen) atoms. The molecule has 7 nitrogen and oxygen atoms in total. The molecule has 1 saturated carbocycles. The van der Waals surface area contributed by atoms with Crippen LogP contribution in [0, 0.1) is 0 Å². The van der Waals surface area contributed by atoms with Crippen LogP contribution in [0.5, 0.6) is 0 Å². The minimum atomic E-state index is -1.72. The summed E-state index contributed by atoms with van der Waals surface area (Å²) in [6.45, 7) is 2.00. The summed E-state index contributed by atoms with van der Waals surface area (Å²) in [5, 5.41) is 19.3. The maximum atomic E-state index is 11.3. The highest BCUT2D eigenvalue weighted by atomic mass is 16.9. The molecule has 5 atom stereocenters. The van der Waals surface area contributed by atoms with E-state index in [1.165, 1.54) is 0 Å². The van der Waals surface area contributed by atoms with Gasteiger partial charge in [0, 0.05) is 12.8 Å². The van der Waals surface area contributed by atoms with Gasteiger partial charge in [0.05, 0.1) is 6.61 Å². The summed E-state index contributed by atoms with van der Waals surface area (Å²) >= 11 is 0. The number of aliphatic hydroxyl groups is 1. The maximum Gasteiger partial charge on any atom is 0.335 e. The predicted octanol–water partition coefficient (Wildman–Crippen LogP) is 1.82. The lowest BCUT2D eigenvalue weighted by Gasteiger charge is -2.29. The molecule has 0 bridgehead atoms. The van der Waals surface area contributed by atoms with Gasteiger partial charge in [-0.1, -0.05) is 30.3 Å². The average Bonchev–Trinajstić information content (AvgIpc) is 3.25. The van der Waals surface area contributed by atoms with Crippen molar-refractivity contribution in [1.82, 2.24) is 0 Å². The summed E-state index contributed by atoms with van der Waals surface area (Å²) < 4.78 is 24.2. The van der Waals surface area contributed by atoms with Gasteiger partial charge in [0.15, 0.2) is 17.7 Å². The van der Waals surface area contributed by atoms with Crippen molar-refractivity contribution >= 4 is 5.97 Å². The number of hydrogen-bond acceptors (Lipinski definition) is 6. The van der Waals surface area contributed by atoms with E-state index in [0.29, 0.717) is 0 Å². The Morgan fingerprint density at radius 3 is 2.62 bits per heavy atom. The molecule has 0 radical (unpaired) electrons. The Labute approximate surface area is 151 Å². The molecule has 0 amide bonds. The molecule has 0 aromatic heterocycles. The monoisotopic (exact) mass is 364 g/mol. The predicted molar refractivity (Wildman–Crippen MR) is 89.1 cm³/mol. The molecule has 1 aromatic carbocycles. The molecule has 3 aliphatic rings. The average molecular weight is 364 g/mol. The van der Waals surface area contributed by atoms with Gasteiger partial charge in [0.25, 0.3) is 0 Å². The summed E-state index contributed by atoms with van der Waals surface area (Å²) in [4.78, 5) is 11.3. The Morgan fingerprint density at radius 1 is 1.27 bits per heavy atom. The van der Waals surface area contributed by atoms with Crippen LogP contribution in [0.4, 0.5) is 0 Å². The van der Waals surface area contributed by atoms with Crippen LogP contribution in [0.1, 0.15) is 38.2 Å². The standard InChI is InChI=1S/C19H24O7/c1-18-16(25-19(26-18)9-5-6-10-19)15(14(24-18)13(20)17(21)22)23-11-12-7-3-2-4-8-12/h2-4,7-8,13-16,20H,5-6,9-11H2,1H3,(H,21,22)/t13-,14-,15+,16-,18-/m1/s1. The van der Waals surface area contributed by atoms with E-state index in [4.69, 9.17) is 18.9 Å². The number of rotatable bonds is 5. The third-order valence-electron chi connectivity index (χ3n) is 5.45. The van der Waals surface area contributed by atoms with E-state index in [-0.39, 0.29) is 6.61 Å². The minimum Gasteiger partial charge on any atom is -0.479 e. The third kappa shape index (κ3) is 3.04. The Morgan fingerprint density at radius 2 is 1.96 bits per heavy atom. The van der Waals surface area contributed by atoms with Gasteiger partial charge in [-0.15, -0.1) is 0 Å². The summed E-state index contributed by atoms with van der Waals surface area (Å²) in [5.41, 5.74) is 0.944. The van der Waals surface area contributed by atoms with Crippen molar-refractivity contribution in [2.24, 2.45) is 0 Å². The van der Waals surface area contributed by atoms with E-state index in [9.17, 15) is 15.0 Å². The molecule has 2 saturated heterocycles. The van der Waals surface area contributed by atoms with Crippen LogP contribution in [-0.4, -0.2) is 52.2 Å². The number of carboxylic acids is 1. The molecule has 3 fully saturated rings. The number of aliphatic hydroxyl groups excluding tert-OH is 1. The fourth-order valence-electron chi connectivity index (χ4n) is 4.22. The second kappa shape index (κ2) is 6.58. The molecule has 2 aliphatic heterocycles. The van der Waals surface area contributed by atoms with Crippen molar-refractivity contribution in [2.75, 3.05) is 0 Å². The van der Waals surface area contributed by atoms with E-state index in [0.717, 1.165) is 31.2 Å². The summed E-state index contributed by atoms with van der Waals surface area (Å²) in [7, 11) is 0. The second-order valence-corrected chi connectivity index (χ2v) is 7.40.